The number of benzene rings is 1. The largest absolute Gasteiger partial charge is 0.399 e. The highest BCUT2D eigenvalue weighted by molar-refractivity contribution is 5.82. The number of carbonyl (C=O) groups is 1. The van der Waals surface area contributed by atoms with E-state index in [9.17, 15) is 4.79 Å². The quantitative estimate of drug-likeness (QED) is 0.753. The molecule has 4 heteroatoms. The van der Waals surface area contributed by atoms with Gasteiger partial charge in [-0.15, -0.1) is 0 Å². The summed E-state index contributed by atoms with van der Waals surface area (Å²) in [5.41, 5.74) is 7.32. The summed E-state index contributed by atoms with van der Waals surface area (Å²) in [4.78, 5) is 14.2. The minimum absolute atomic E-state index is 0.0575. The Hall–Kier alpha value is -1.71. The lowest BCUT2D eigenvalue weighted by atomic mass is 10.0. The molecule has 1 amide bonds. The molecular formula is C16H27N3O. The van der Waals surface area contributed by atoms with Crippen LogP contribution in [0.5, 0.6) is 0 Å². The molecule has 0 saturated carbocycles. The number of nitrogen functional groups attached to an aromatic ring is 1. The molecule has 4 nitrogen and oxygen atoms in total. The van der Waals surface area contributed by atoms with Crippen molar-refractivity contribution < 1.29 is 4.79 Å². The van der Waals surface area contributed by atoms with E-state index in [0.29, 0.717) is 6.54 Å². The molecule has 0 atom stereocenters. The van der Waals surface area contributed by atoms with Gasteiger partial charge in [0.15, 0.2) is 0 Å². The van der Waals surface area contributed by atoms with Gasteiger partial charge in [-0.1, -0.05) is 13.8 Å². The number of nitrogens with zero attached hydrogens (tertiary/aromatic N) is 1. The predicted molar refractivity (Wildman–Crippen MR) is 85.9 cm³/mol. The average molecular weight is 277 g/mol. The fourth-order valence-electron chi connectivity index (χ4n) is 1.93. The summed E-state index contributed by atoms with van der Waals surface area (Å²) >= 11 is 0. The van der Waals surface area contributed by atoms with Crippen LogP contribution in [0.25, 0.3) is 0 Å². The third-order valence-electron chi connectivity index (χ3n) is 3.45. The van der Waals surface area contributed by atoms with Gasteiger partial charge in [0.1, 0.15) is 0 Å². The Balaban J connectivity index is 2.72. The summed E-state index contributed by atoms with van der Waals surface area (Å²) in [6.07, 6.45) is 1.91. The summed E-state index contributed by atoms with van der Waals surface area (Å²) < 4.78 is 0. The van der Waals surface area contributed by atoms with Gasteiger partial charge in [0.2, 0.25) is 5.91 Å². The highest BCUT2D eigenvalue weighted by Crippen LogP contribution is 2.17. The van der Waals surface area contributed by atoms with Crippen LogP contribution in [0.3, 0.4) is 0 Å². The zero-order valence-corrected chi connectivity index (χ0v) is 13.1. The van der Waals surface area contributed by atoms with Gasteiger partial charge in [-0.25, -0.2) is 0 Å². The maximum absolute atomic E-state index is 12.2. The molecule has 20 heavy (non-hydrogen) atoms. The first-order valence-corrected chi connectivity index (χ1v) is 7.29. The van der Waals surface area contributed by atoms with Crippen LogP contribution in [0.15, 0.2) is 24.3 Å². The summed E-state index contributed by atoms with van der Waals surface area (Å²) in [5, 5.41) is 3.07. The molecule has 1 rings (SSSR count). The van der Waals surface area contributed by atoms with Gasteiger partial charge in [0, 0.05) is 23.5 Å². The zero-order chi connectivity index (χ0) is 15.2. The van der Waals surface area contributed by atoms with E-state index in [1.165, 1.54) is 0 Å². The van der Waals surface area contributed by atoms with Crippen LogP contribution in [0.2, 0.25) is 0 Å². The van der Waals surface area contributed by atoms with Gasteiger partial charge in [-0.3, -0.25) is 4.79 Å². The van der Waals surface area contributed by atoms with Gasteiger partial charge in [0.25, 0.3) is 0 Å². The summed E-state index contributed by atoms with van der Waals surface area (Å²) in [6.45, 7) is 9.49. The number of amides is 1. The molecule has 0 aliphatic heterocycles. The Bertz CT molecular complexity index is 426. The van der Waals surface area contributed by atoms with E-state index in [4.69, 9.17) is 5.73 Å². The Kier molecular flexibility index (Phi) is 5.86. The molecule has 1 aromatic carbocycles. The standard InChI is InChI=1S/C16H27N3O/c1-5-11-19(14-9-7-13(17)8-10-14)12-15(20)18-16(3,4)6-2/h7-10H,5-6,11-12,17H2,1-4H3,(H,18,20). The van der Waals surface area contributed by atoms with Crippen molar-refractivity contribution in [2.45, 2.75) is 46.1 Å². The Morgan fingerprint density at radius 3 is 2.35 bits per heavy atom. The number of rotatable bonds is 7. The van der Waals surface area contributed by atoms with Crippen molar-refractivity contribution in [3.8, 4) is 0 Å². The molecule has 0 radical (unpaired) electrons. The van der Waals surface area contributed by atoms with E-state index in [1.54, 1.807) is 0 Å². The van der Waals surface area contributed by atoms with Crippen LogP contribution >= 0.6 is 0 Å². The van der Waals surface area contributed by atoms with Crippen molar-refractivity contribution in [2.75, 3.05) is 23.7 Å². The molecule has 112 valence electrons. The second-order valence-electron chi connectivity index (χ2n) is 5.80. The fraction of sp³-hybridized carbons (Fsp3) is 0.562. The van der Waals surface area contributed by atoms with Crippen molar-refractivity contribution in [3.63, 3.8) is 0 Å². The van der Waals surface area contributed by atoms with Crippen molar-refractivity contribution >= 4 is 17.3 Å². The number of nitrogens with one attached hydrogen (secondary N) is 1. The molecule has 0 aliphatic rings. The smallest absolute Gasteiger partial charge is 0.239 e. The van der Waals surface area contributed by atoms with Crippen molar-refractivity contribution in [3.05, 3.63) is 24.3 Å². The van der Waals surface area contributed by atoms with Crippen molar-refractivity contribution in [1.82, 2.24) is 5.32 Å². The van der Waals surface area contributed by atoms with E-state index in [1.807, 2.05) is 38.1 Å². The van der Waals surface area contributed by atoms with Crippen molar-refractivity contribution in [2.24, 2.45) is 0 Å². The van der Waals surface area contributed by atoms with E-state index in [0.717, 1.165) is 30.8 Å². The molecule has 0 spiro atoms. The first kappa shape index (κ1) is 16.3. The lowest BCUT2D eigenvalue weighted by molar-refractivity contribution is -0.121. The molecule has 3 N–H and O–H groups in total. The molecule has 0 heterocycles. The topological polar surface area (TPSA) is 58.4 Å². The fourth-order valence-corrected chi connectivity index (χ4v) is 1.93. The van der Waals surface area contributed by atoms with Crippen LogP contribution in [0.4, 0.5) is 11.4 Å². The minimum atomic E-state index is -0.157. The van der Waals surface area contributed by atoms with Crippen LogP contribution < -0.4 is 16.0 Å². The molecule has 0 saturated heterocycles. The van der Waals surface area contributed by atoms with Gasteiger partial charge >= 0.3 is 0 Å². The van der Waals surface area contributed by atoms with Crippen LogP contribution in [-0.4, -0.2) is 24.5 Å². The van der Waals surface area contributed by atoms with Gasteiger partial charge in [-0.2, -0.15) is 0 Å². The third kappa shape index (κ3) is 5.11. The van der Waals surface area contributed by atoms with Crippen LogP contribution in [0.1, 0.15) is 40.5 Å². The molecule has 0 fully saturated rings. The molecule has 1 aromatic rings. The highest BCUT2D eigenvalue weighted by Gasteiger charge is 2.19. The first-order valence-electron chi connectivity index (χ1n) is 7.29. The lowest BCUT2D eigenvalue weighted by Crippen LogP contribution is -2.47. The maximum Gasteiger partial charge on any atom is 0.239 e. The number of hydrogen-bond acceptors (Lipinski definition) is 3. The number of nitrogens with two attached hydrogens (primary N) is 1. The normalized spacial score (nSPS) is 11.2. The van der Waals surface area contributed by atoms with E-state index in [2.05, 4.69) is 24.1 Å². The van der Waals surface area contributed by atoms with Crippen LogP contribution in [0, 0.1) is 0 Å². The maximum atomic E-state index is 12.2. The molecule has 0 bridgehead atoms. The SMILES string of the molecule is CCCN(CC(=O)NC(C)(C)CC)c1ccc(N)cc1. The Morgan fingerprint density at radius 2 is 1.85 bits per heavy atom. The van der Waals surface area contributed by atoms with E-state index >= 15 is 0 Å². The molecule has 0 aromatic heterocycles. The zero-order valence-electron chi connectivity index (χ0n) is 13.1. The average Bonchev–Trinajstić information content (AvgIpc) is 2.38. The summed E-state index contributed by atoms with van der Waals surface area (Å²) in [6, 6.07) is 7.66. The molecular weight excluding hydrogens is 250 g/mol. The highest BCUT2D eigenvalue weighted by atomic mass is 16.2. The summed E-state index contributed by atoms with van der Waals surface area (Å²) in [7, 11) is 0. The number of anilines is 2. The second kappa shape index (κ2) is 7.17. The third-order valence-corrected chi connectivity index (χ3v) is 3.45. The second-order valence-corrected chi connectivity index (χ2v) is 5.80. The van der Waals surface area contributed by atoms with E-state index in [-0.39, 0.29) is 11.4 Å². The predicted octanol–water partition coefficient (Wildman–Crippen LogP) is 2.79. The monoisotopic (exact) mass is 277 g/mol. The Labute approximate surface area is 122 Å². The summed E-state index contributed by atoms with van der Waals surface area (Å²) in [5.74, 6) is 0.0575. The number of hydrogen-bond donors (Lipinski definition) is 2. The lowest BCUT2D eigenvalue weighted by Gasteiger charge is -2.28. The van der Waals surface area contributed by atoms with Crippen molar-refractivity contribution in [1.29, 1.82) is 0 Å². The van der Waals surface area contributed by atoms with Gasteiger partial charge < -0.3 is 16.0 Å². The van der Waals surface area contributed by atoms with Gasteiger partial charge in [-0.05, 0) is 51.0 Å². The Morgan fingerprint density at radius 1 is 1.25 bits per heavy atom. The molecule has 0 unspecified atom stereocenters. The minimum Gasteiger partial charge on any atom is -0.399 e. The molecule has 0 aliphatic carbocycles. The number of carbonyl (C=O) groups excluding carboxylic acids is 1. The van der Waals surface area contributed by atoms with E-state index < -0.39 is 0 Å². The van der Waals surface area contributed by atoms with Gasteiger partial charge in [0.05, 0.1) is 6.54 Å². The van der Waals surface area contributed by atoms with Crippen LogP contribution in [-0.2, 0) is 4.79 Å². The first-order chi connectivity index (χ1) is 9.38.